The van der Waals surface area contributed by atoms with E-state index in [9.17, 15) is 9.59 Å². The highest BCUT2D eigenvalue weighted by Gasteiger charge is 2.41. The molecule has 0 spiro atoms. The second kappa shape index (κ2) is 8.83. The number of anilines is 1. The van der Waals surface area contributed by atoms with Gasteiger partial charge in [-0.15, -0.1) is 0 Å². The maximum atomic E-state index is 13.4. The van der Waals surface area contributed by atoms with Crippen molar-refractivity contribution in [2.75, 3.05) is 18.6 Å². The van der Waals surface area contributed by atoms with Crippen molar-refractivity contribution in [3.63, 3.8) is 0 Å². The molecule has 2 amide bonds. The number of amides is 2. The van der Waals surface area contributed by atoms with E-state index in [0.717, 1.165) is 5.69 Å². The van der Waals surface area contributed by atoms with Crippen molar-refractivity contribution in [3.05, 3.63) is 95.9 Å². The van der Waals surface area contributed by atoms with Crippen LogP contribution in [0, 0.1) is 0 Å². The van der Waals surface area contributed by atoms with E-state index in [2.05, 4.69) is 4.98 Å². The van der Waals surface area contributed by atoms with E-state index in [1.807, 2.05) is 67.6 Å². The first-order valence-corrected chi connectivity index (χ1v) is 10.1. The first-order valence-electron chi connectivity index (χ1n) is 10.1. The molecule has 3 aromatic rings. The highest BCUT2D eigenvalue weighted by atomic mass is 16.5. The minimum Gasteiger partial charge on any atom is -0.494 e. The lowest BCUT2D eigenvalue weighted by Gasteiger charge is -2.21. The summed E-state index contributed by atoms with van der Waals surface area (Å²) in [5, 5.41) is 0. The highest BCUT2D eigenvalue weighted by Crippen LogP contribution is 2.34. The summed E-state index contributed by atoms with van der Waals surface area (Å²) < 4.78 is 5.52. The van der Waals surface area contributed by atoms with Crippen LogP contribution < -0.4 is 9.64 Å². The fourth-order valence-electron chi connectivity index (χ4n) is 3.60. The Morgan fingerprint density at radius 2 is 1.61 bits per heavy atom. The summed E-state index contributed by atoms with van der Waals surface area (Å²) in [5.74, 6) is 0.0374. The predicted octanol–water partition coefficient (Wildman–Crippen LogP) is 3.90. The summed E-state index contributed by atoms with van der Waals surface area (Å²) in [4.78, 5) is 34.2. The Bertz CT molecular complexity index is 1110. The number of ether oxygens (including phenoxy) is 1. The van der Waals surface area contributed by atoms with Crippen molar-refractivity contribution in [2.45, 2.75) is 13.5 Å². The summed E-state index contributed by atoms with van der Waals surface area (Å²) in [6, 6.07) is 22.2. The van der Waals surface area contributed by atoms with Gasteiger partial charge in [-0.25, -0.2) is 0 Å². The van der Waals surface area contributed by atoms with Crippen LogP contribution in [0.4, 0.5) is 5.69 Å². The minimum atomic E-state index is -0.342. The molecule has 1 aromatic heterocycles. The third-order valence-electron chi connectivity index (χ3n) is 5.12. The molecule has 0 bridgehead atoms. The third-order valence-corrected chi connectivity index (χ3v) is 5.12. The Labute approximate surface area is 181 Å². The van der Waals surface area contributed by atoms with E-state index < -0.39 is 0 Å². The number of benzene rings is 2. The average molecular weight is 413 g/mol. The lowest BCUT2D eigenvalue weighted by Crippen LogP contribution is -2.34. The van der Waals surface area contributed by atoms with Crippen molar-refractivity contribution in [1.29, 1.82) is 0 Å². The smallest absolute Gasteiger partial charge is 0.278 e. The summed E-state index contributed by atoms with van der Waals surface area (Å²) in [5.41, 5.74) is 2.86. The van der Waals surface area contributed by atoms with Gasteiger partial charge in [0, 0.05) is 18.9 Å². The highest BCUT2D eigenvalue weighted by molar-refractivity contribution is 6.36. The third kappa shape index (κ3) is 4.05. The number of rotatable bonds is 7. The Hall–Kier alpha value is -3.93. The van der Waals surface area contributed by atoms with Gasteiger partial charge in [-0.3, -0.25) is 19.5 Å². The van der Waals surface area contributed by atoms with Crippen LogP contribution in [-0.2, 0) is 16.1 Å². The fourth-order valence-corrected chi connectivity index (χ4v) is 3.60. The Kier molecular flexibility index (Phi) is 5.80. The number of carbonyl (C=O) groups excluding carboxylic acids is 2. The lowest BCUT2D eigenvalue weighted by atomic mass is 10.0. The van der Waals surface area contributed by atoms with E-state index in [1.54, 1.807) is 30.3 Å². The summed E-state index contributed by atoms with van der Waals surface area (Å²) in [6.07, 6.45) is 1.65. The lowest BCUT2D eigenvalue weighted by molar-refractivity contribution is -0.137. The summed E-state index contributed by atoms with van der Waals surface area (Å²) >= 11 is 0. The number of likely N-dealkylation sites (N-methyl/N-ethyl adjacent to an activating group) is 1. The predicted molar refractivity (Wildman–Crippen MR) is 119 cm³/mol. The number of aromatic nitrogens is 1. The second-order valence-electron chi connectivity index (χ2n) is 7.09. The van der Waals surface area contributed by atoms with Gasteiger partial charge in [0.25, 0.3) is 11.8 Å². The minimum absolute atomic E-state index is 0.116. The summed E-state index contributed by atoms with van der Waals surface area (Å²) in [6.45, 7) is 2.59. The molecule has 6 nitrogen and oxygen atoms in total. The molecule has 0 unspecified atom stereocenters. The second-order valence-corrected chi connectivity index (χ2v) is 7.09. The van der Waals surface area contributed by atoms with Crippen LogP contribution in [0.25, 0.3) is 5.57 Å². The SMILES string of the molecule is CCOc1ccc(C2=C(N(C)c3ccccc3)C(=O)N(Cc3ccccn3)C2=O)cc1. The number of carbonyl (C=O) groups is 2. The zero-order valence-electron chi connectivity index (χ0n) is 17.5. The molecule has 1 aliphatic heterocycles. The van der Waals surface area contributed by atoms with Crippen molar-refractivity contribution >= 4 is 23.1 Å². The van der Waals surface area contributed by atoms with Gasteiger partial charge in [-0.1, -0.05) is 36.4 Å². The number of nitrogens with zero attached hydrogens (tertiary/aromatic N) is 3. The monoisotopic (exact) mass is 413 g/mol. The van der Waals surface area contributed by atoms with Crippen LogP contribution >= 0.6 is 0 Å². The molecule has 4 rings (SSSR count). The molecule has 0 saturated heterocycles. The zero-order valence-corrected chi connectivity index (χ0v) is 17.5. The van der Waals surface area contributed by atoms with E-state index in [-0.39, 0.29) is 18.4 Å². The van der Waals surface area contributed by atoms with E-state index in [4.69, 9.17) is 4.74 Å². The first kappa shape index (κ1) is 20.3. The van der Waals surface area contributed by atoms with Gasteiger partial charge in [-0.2, -0.15) is 0 Å². The molecule has 6 heteroatoms. The molecule has 0 radical (unpaired) electrons. The molecule has 0 atom stereocenters. The van der Waals surface area contributed by atoms with Crippen molar-refractivity contribution in [2.24, 2.45) is 0 Å². The number of para-hydroxylation sites is 1. The zero-order chi connectivity index (χ0) is 21.8. The van der Waals surface area contributed by atoms with Crippen LogP contribution in [-0.4, -0.2) is 35.4 Å². The average Bonchev–Trinajstić information content (AvgIpc) is 3.05. The molecule has 1 aliphatic rings. The molecule has 0 N–H and O–H groups in total. The molecule has 2 aromatic carbocycles. The van der Waals surface area contributed by atoms with Gasteiger partial charge in [0.2, 0.25) is 0 Å². The molecule has 0 fully saturated rings. The Morgan fingerprint density at radius 1 is 0.903 bits per heavy atom. The van der Waals surface area contributed by atoms with Crippen LogP contribution in [0.5, 0.6) is 5.75 Å². The van der Waals surface area contributed by atoms with E-state index >= 15 is 0 Å². The van der Waals surface area contributed by atoms with Crippen molar-refractivity contribution in [3.8, 4) is 5.75 Å². The maximum Gasteiger partial charge on any atom is 0.278 e. The number of hydrogen-bond acceptors (Lipinski definition) is 5. The largest absolute Gasteiger partial charge is 0.494 e. The fraction of sp³-hybridized carbons (Fsp3) is 0.160. The van der Waals surface area contributed by atoms with Crippen LogP contribution in [0.1, 0.15) is 18.2 Å². The van der Waals surface area contributed by atoms with Gasteiger partial charge < -0.3 is 9.64 Å². The molecule has 0 saturated carbocycles. The topological polar surface area (TPSA) is 62.7 Å². The molecular formula is C25H23N3O3. The molecule has 2 heterocycles. The van der Waals surface area contributed by atoms with Crippen LogP contribution in [0.15, 0.2) is 84.7 Å². The molecule has 0 aliphatic carbocycles. The Morgan fingerprint density at radius 3 is 2.26 bits per heavy atom. The first-order chi connectivity index (χ1) is 15.1. The maximum absolute atomic E-state index is 13.4. The standard InChI is InChI=1S/C25H23N3O3/c1-3-31-21-14-12-18(13-15-21)22-23(27(2)20-10-5-4-6-11-20)25(30)28(24(22)29)17-19-9-7-8-16-26-19/h4-16H,3,17H2,1-2H3. The van der Waals surface area contributed by atoms with Gasteiger partial charge in [0.15, 0.2) is 0 Å². The van der Waals surface area contributed by atoms with Crippen LogP contribution in [0.3, 0.4) is 0 Å². The van der Waals surface area contributed by atoms with Gasteiger partial charge >= 0.3 is 0 Å². The Balaban J connectivity index is 1.77. The van der Waals surface area contributed by atoms with Crippen molar-refractivity contribution < 1.29 is 14.3 Å². The molecule has 31 heavy (non-hydrogen) atoms. The number of imide groups is 1. The van der Waals surface area contributed by atoms with Gasteiger partial charge in [-0.05, 0) is 48.9 Å². The van der Waals surface area contributed by atoms with Crippen LogP contribution in [0.2, 0.25) is 0 Å². The van der Waals surface area contributed by atoms with Gasteiger partial charge in [0.1, 0.15) is 11.4 Å². The molecular weight excluding hydrogens is 390 g/mol. The van der Waals surface area contributed by atoms with Crippen molar-refractivity contribution in [1.82, 2.24) is 9.88 Å². The quantitative estimate of drug-likeness (QED) is 0.550. The van der Waals surface area contributed by atoms with E-state index in [0.29, 0.717) is 34.9 Å². The van der Waals surface area contributed by atoms with Gasteiger partial charge in [0.05, 0.1) is 24.4 Å². The number of pyridine rings is 1. The normalized spacial score (nSPS) is 13.7. The van der Waals surface area contributed by atoms with E-state index in [1.165, 1.54) is 4.90 Å². The summed E-state index contributed by atoms with van der Waals surface area (Å²) in [7, 11) is 1.80. The molecule has 156 valence electrons. The number of hydrogen-bond donors (Lipinski definition) is 0.